The molecule has 0 atom stereocenters. The minimum atomic E-state index is -2.79. The van der Waals surface area contributed by atoms with Crippen LogP contribution in [0.5, 0.6) is 0 Å². The summed E-state index contributed by atoms with van der Waals surface area (Å²) in [7, 11) is -28.8. The fourth-order valence-electron chi connectivity index (χ4n) is 8.36. The predicted molar refractivity (Wildman–Crippen MR) is 292 cm³/mol. The Labute approximate surface area is 410 Å². The molecule has 0 aliphatic carbocycles. The van der Waals surface area contributed by atoms with E-state index in [1.54, 1.807) is 0 Å². The zero-order valence-corrected chi connectivity index (χ0v) is 57.9. The Hall–Kier alpha value is 0.926. The van der Waals surface area contributed by atoms with Gasteiger partial charge < -0.3 is 50.6 Å². The molecule has 0 rings (SSSR count). The molecule has 0 aromatic rings. The third kappa shape index (κ3) is 28.5. The second-order valence-corrected chi connectivity index (χ2v) is 65.5. The monoisotopic (exact) mass is 1110 g/mol. The van der Waals surface area contributed by atoms with Crippen LogP contribution in [0.1, 0.15) is 67.2 Å². The van der Waals surface area contributed by atoms with Gasteiger partial charge in [-0.05, 0) is 210 Å². The van der Waals surface area contributed by atoms with E-state index in [2.05, 4.69) is 144 Å². The molecule has 0 spiro atoms. The number of rotatable bonds is 32. The Morgan fingerprint density at radius 2 is 0.492 bits per heavy atom. The van der Waals surface area contributed by atoms with Crippen LogP contribution in [0.15, 0.2) is 0 Å². The minimum Gasteiger partial charge on any atom is -0.465 e. The Bertz CT molecular complexity index is 1410. The molecule has 0 aliphatic rings. The van der Waals surface area contributed by atoms with Gasteiger partial charge in [-0.25, -0.2) is 0 Å². The van der Waals surface area contributed by atoms with Gasteiger partial charge in [-0.15, -0.1) is 0 Å². The van der Waals surface area contributed by atoms with Crippen molar-refractivity contribution in [2.24, 2.45) is 10.8 Å². The normalized spacial score (nSPS) is 15.1. The van der Waals surface area contributed by atoms with E-state index < -0.39 is 105 Å². The maximum absolute atomic E-state index is 12.4. The van der Waals surface area contributed by atoms with Crippen LogP contribution in [0.25, 0.3) is 0 Å². The molecule has 388 valence electrons. The molecular formula is C40H100O14Si11. The van der Waals surface area contributed by atoms with E-state index >= 15 is 0 Å². The summed E-state index contributed by atoms with van der Waals surface area (Å²) in [5.74, 6) is -0.300. The largest absolute Gasteiger partial charge is 0.465 e. The Kier molecular flexibility index (Phi) is 24.4. The van der Waals surface area contributed by atoms with Gasteiger partial charge in [0.2, 0.25) is 0 Å². The molecule has 0 aliphatic heterocycles. The standard InChI is InChI=1S/C40H100O14Si11/c1-29-39(3,4)37(41)43-33-31-35-55(7,8)45-57(11,12)47-59(15,16)49-61(19,20)51-63(23,24)53-65(27,28)54-64(25,26)52-62(21,22)50-60(17,18)48-58(13,14)46-56(9,10)36-32-34-44-38(42)40(5,6)30-2/h29-36H2,1-28H3. The van der Waals surface area contributed by atoms with Crippen molar-refractivity contribution in [1.29, 1.82) is 0 Å². The van der Waals surface area contributed by atoms with Crippen LogP contribution in [-0.4, -0.2) is 119 Å². The fourth-order valence-corrected chi connectivity index (χ4v) is 64.6. The summed E-state index contributed by atoms with van der Waals surface area (Å²) in [5, 5.41) is 0. The Balaban J connectivity index is 5.46. The van der Waals surface area contributed by atoms with Crippen molar-refractivity contribution in [1.82, 2.24) is 0 Å². The van der Waals surface area contributed by atoms with E-state index in [4.69, 9.17) is 50.6 Å². The van der Waals surface area contributed by atoms with E-state index in [0.717, 1.165) is 37.8 Å². The molecule has 25 heteroatoms. The first-order valence-electron chi connectivity index (χ1n) is 23.8. The smallest absolute Gasteiger partial charge is 0.314 e. The second kappa shape index (κ2) is 24.1. The van der Waals surface area contributed by atoms with Crippen LogP contribution in [-0.2, 0) is 60.2 Å². The van der Waals surface area contributed by atoms with E-state index in [9.17, 15) is 9.59 Å². The van der Waals surface area contributed by atoms with Crippen molar-refractivity contribution in [2.75, 3.05) is 13.2 Å². The van der Waals surface area contributed by atoms with Gasteiger partial charge in [-0.3, -0.25) is 9.59 Å². The quantitative estimate of drug-likeness (QED) is 0.0358. The summed E-state index contributed by atoms with van der Waals surface area (Å²) < 4.78 is 79.5. The Morgan fingerprint density at radius 3 is 0.662 bits per heavy atom. The number of ether oxygens (including phenoxy) is 2. The molecule has 0 saturated carbocycles. The van der Waals surface area contributed by atoms with Gasteiger partial charge in [0.05, 0.1) is 24.0 Å². The highest BCUT2D eigenvalue weighted by Gasteiger charge is 2.51. The molecule has 0 N–H and O–H groups in total. The number of esters is 2. The van der Waals surface area contributed by atoms with Crippen LogP contribution in [0, 0.1) is 10.8 Å². The molecule has 0 saturated heterocycles. The molecule has 0 radical (unpaired) electrons. The summed E-state index contributed by atoms with van der Waals surface area (Å²) in [6, 6.07) is 1.72. The summed E-state index contributed by atoms with van der Waals surface area (Å²) in [5.41, 5.74) is -0.940. The number of carbonyl (C=O) groups excluding carboxylic acids is 2. The average molecular weight is 1110 g/mol. The highest BCUT2D eigenvalue weighted by atomic mass is 28.5. The lowest BCUT2D eigenvalue weighted by Crippen LogP contribution is -2.62. The number of carbonyl (C=O) groups is 2. The molecule has 0 amide bonds. The average Bonchev–Trinajstić information content (AvgIpc) is 2.98. The highest BCUT2D eigenvalue weighted by molar-refractivity contribution is 6.93. The molecule has 0 aromatic heterocycles. The van der Waals surface area contributed by atoms with Crippen molar-refractivity contribution in [3.05, 3.63) is 0 Å². The van der Waals surface area contributed by atoms with E-state index in [-0.39, 0.29) is 11.9 Å². The molecule has 0 bridgehead atoms. The topological polar surface area (TPSA) is 145 Å². The van der Waals surface area contributed by atoms with Gasteiger partial charge in [0.1, 0.15) is 0 Å². The maximum Gasteiger partial charge on any atom is 0.314 e. The van der Waals surface area contributed by atoms with Crippen LogP contribution in [0.4, 0.5) is 0 Å². The first-order valence-corrected chi connectivity index (χ1v) is 55.4. The van der Waals surface area contributed by atoms with Gasteiger partial charge in [-0.1, -0.05) is 13.8 Å². The van der Waals surface area contributed by atoms with Crippen molar-refractivity contribution < 1.29 is 60.2 Å². The van der Waals surface area contributed by atoms with Crippen molar-refractivity contribution >= 4 is 106 Å². The molecule has 14 nitrogen and oxygen atoms in total. The van der Waals surface area contributed by atoms with Crippen LogP contribution >= 0.6 is 0 Å². The molecule has 0 fully saturated rings. The van der Waals surface area contributed by atoms with Crippen molar-refractivity contribution in [2.45, 2.75) is 223 Å². The SMILES string of the molecule is CCC(C)(C)C(=O)OCCC[Si](C)(C)O[Si](C)(C)O[Si](C)(C)O[Si](C)(C)O[Si](C)(C)O[Si](C)(C)O[Si](C)(C)O[Si](C)(C)O[Si](C)(C)O[Si](C)(C)O[Si](C)(C)CCCOC(=O)C(C)(C)CC. The second-order valence-electron chi connectivity index (χ2n) is 24.1. The summed E-state index contributed by atoms with van der Waals surface area (Å²) in [6.07, 6.45) is 3.00. The van der Waals surface area contributed by atoms with E-state index in [1.165, 1.54) is 0 Å². The maximum atomic E-state index is 12.4. The fraction of sp³-hybridized carbons (Fsp3) is 0.950. The van der Waals surface area contributed by atoms with E-state index in [0.29, 0.717) is 13.2 Å². The van der Waals surface area contributed by atoms with Gasteiger partial charge in [-0.2, -0.15) is 0 Å². The first-order chi connectivity index (χ1) is 28.4. The van der Waals surface area contributed by atoms with Gasteiger partial charge >= 0.3 is 89.0 Å². The molecular weight excluding hydrogens is 1010 g/mol. The summed E-state index contributed by atoms with van der Waals surface area (Å²) in [4.78, 5) is 24.9. The molecule has 0 heterocycles. The summed E-state index contributed by atoms with van der Waals surface area (Å²) in [6.45, 7) is 58.4. The van der Waals surface area contributed by atoms with Crippen molar-refractivity contribution in [3.8, 4) is 0 Å². The molecule has 0 unspecified atom stereocenters. The number of hydrogen-bond donors (Lipinski definition) is 0. The molecule has 0 aromatic carbocycles. The predicted octanol–water partition coefficient (Wildman–Crippen LogP) is 12.6. The third-order valence-corrected chi connectivity index (χ3v) is 53.1. The van der Waals surface area contributed by atoms with Crippen LogP contribution in [0.2, 0.25) is 156 Å². The highest BCUT2D eigenvalue weighted by Crippen LogP contribution is 2.32. The lowest BCUT2D eigenvalue weighted by atomic mass is 9.91. The lowest BCUT2D eigenvalue weighted by Gasteiger charge is -2.45. The minimum absolute atomic E-state index is 0.150. The Morgan fingerprint density at radius 1 is 0.323 bits per heavy atom. The lowest BCUT2D eigenvalue weighted by molar-refractivity contribution is -0.154. The molecule has 65 heavy (non-hydrogen) atoms. The van der Waals surface area contributed by atoms with Gasteiger partial charge in [0.15, 0.2) is 16.6 Å². The van der Waals surface area contributed by atoms with Gasteiger partial charge in [0.25, 0.3) is 0 Å². The number of hydrogen-bond acceptors (Lipinski definition) is 14. The van der Waals surface area contributed by atoms with Crippen LogP contribution < -0.4 is 0 Å². The third-order valence-electron chi connectivity index (χ3n) is 10.2. The zero-order valence-electron chi connectivity index (χ0n) is 46.9. The zero-order chi connectivity index (χ0) is 51.8. The van der Waals surface area contributed by atoms with E-state index in [1.807, 2.05) is 41.5 Å². The first kappa shape index (κ1) is 65.9. The van der Waals surface area contributed by atoms with Crippen molar-refractivity contribution in [3.63, 3.8) is 0 Å². The van der Waals surface area contributed by atoms with Gasteiger partial charge in [0, 0.05) is 0 Å². The summed E-state index contributed by atoms with van der Waals surface area (Å²) >= 11 is 0. The van der Waals surface area contributed by atoms with Crippen LogP contribution in [0.3, 0.4) is 0 Å².